The molecule has 0 aliphatic carbocycles. The number of hydrogen-bond acceptors (Lipinski definition) is 3. The molecule has 0 fully saturated rings. The van der Waals surface area contributed by atoms with Gasteiger partial charge in [0.05, 0.1) is 0 Å². The molecule has 1 unspecified atom stereocenters. The van der Waals surface area contributed by atoms with E-state index in [4.69, 9.17) is 0 Å². The van der Waals surface area contributed by atoms with Crippen LogP contribution in [0, 0.1) is 12.8 Å². The normalized spacial score (nSPS) is 13.5. The molecule has 0 amide bonds. The van der Waals surface area contributed by atoms with E-state index >= 15 is 0 Å². The van der Waals surface area contributed by atoms with Crippen molar-refractivity contribution < 1.29 is 5.11 Å². The largest absolute Gasteiger partial charge is 0.386 e. The third-order valence-electron chi connectivity index (χ3n) is 2.09. The molecule has 1 heterocycles. The van der Waals surface area contributed by atoms with Gasteiger partial charge in [-0.2, -0.15) is 0 Å². The van der Waals surface area contributed by atoms with Gasteiger partial charge in [-0.25, -0.2) is 0 Å². The monoisotopic (exact) mass is 213 g/mol. The van der Waals surface area contributed by atoms with Crippen molar-refractivity contribution >= 4 is 11.3 Å². The summed E-state index contributed by atoms with van der Waals surface area (Å²) in [6.07, 6.45) is -0.353. The first-order chi connectivity index (χ1) is 6.61. The lowest BCUT2D eigenvalue weighted by atomic mass is 10.2. The number of thiophene rings is 1. The molecule has 0 saturated heterocycles. The fraction of sp³-hybridized carbons (Fsp3) is 0.636. The Morgan fingerprint density at radius 3 is 2.64 bits per heavy atom. The molecule has 0 spiro atoms. The van der Waals surface area contributed by atoms with Gasteiger partial charge in [0.2, 0.25) is 0 Å². The van der Waals surface area contributed by atoms with E-state index in [1.165, 1.54) is 5.56 Å². The van der Waals surface area contributed by atoms with Gasteiger partial charge < -0.3 is 10.4 Å². The number of aliphatic hydroxyl groups excluding tert-OH is 1. The van der Waals surface area contributed by atoms with Gasteiger partial charge in [0.1, 0.15) is 6.10 Å². The molecule has 2 nitrogen and oxygen atoms in total. The second-order valence-corrected chi connectivity index (χ2v) is 4.98. The van der Waals surface area contributed by atoms with Crippen molar-refractivity contribution in [2.24, 2.45) is 5.92 Å². The van der Waals surface area contributed by atoms with Crippen LogP contribution in [0.4, 0.5) is 0 Å². The Kier molecular flexibility index (Phi) is 4.58. The summed E-state index contributed by atoms with van der Waals surface area (Å²) in [6, 6.07) is 2.05. The third kappa shape index (κ3) is 3.40. The summed E-state index contributed by atoms with van der Waals surface area (Å²) in [5.41, 5.74) is 1.19. The van der Waals surface area contributed by atoms with E-state index in [1.54, 1.807) is 11.3 Å². The van der Waals surface area contributed by atoms with Crippen molar-refractivity contribution in [3.63, 3.8) is 0 Å². The highest BCUT2D eigenvalue weighted by Crippen LogP contribution is 2.22. The van der Waals surface area contributed by atoms with Gasteiger partial charge in [0.25, 0.3) is 0 Å². The van der Waals surface area contributed by atoms with Crippen LogP contribution >= 0.6 is 11.3 Å². The molecule has 1 aromatic heterocycles. The van der Waals surface area contributed by atoms with Crippen LogP contribution in [0.2, 0.25) is 0 Å². The SMILES string of the molecule is Cc1ccsc1C(O)CNCC(C)C. The molecule has 80 valence electrons. The Bertz CT molecular complexity index is 270. The zero-order valence-corrected chi connectivity index (χ0v) is 9.90. The maximum Gasteiger partial charge on any atom is 0.101 e. The minimum atomic E-state index is -0.353. The summed E-state index contributed by atoms with van der Waals surface area (Å²) in [5.74, 6) is 0.631. The lowest BCUT2D eigenvalue weighted by Crippen LogP contribution is -2.25. The molecular formula is C11H19NOS. The molecule has 3 heteroatoms. The fourth-order valence-corrected chi connectivity index (χ4v) is 2.24. The van der Waals surface area contributed by atoms with Crippen LogP contribution in [0.5, 0.6) is 0 Å². The van der Waals surface area contributed by atoms with Crippen molar-refractivity contribution in [3.05, 3.63) is 21.9 Å². The Morgan fingerprint density at radius 2 is 2.14 bits per heavy atom. The summed E-state index contributed by atoms with van der Waals surface area (Å²) >= 11 is 1.63. The number of rotatable bonds is 5. The van der Waals surface area contributed by atoms with E-state index in [1.807, 2.05) is 18.4 Å². The van der Waals surface area contributed by atoms with Crippen molar-refractivity contribution in [2.45, 2.75) is 26.9 Å². The van der Waals surface area contributed by atoms with Gasteiger partial charge in [0.15, 0.2) is 0 Å². The number of aryl methyl sites for hydroxylation is 1. The summed E-state index contributed by atoms with van der Waals surface area (Å²) in [5, 5.41) is 15.1. The zero-order chi connectivity index (χ0) is 10.6. The van der Waals surface area contributed by atoms with E-state index in [2.05, 4.69) is 19.2 Å². The molecule has 2 N–H and O–H groups in total. The topological polar surface area (TPSA) is 32.3 Å². The minimum absolute atomic E-state index is 0.353. The fourth-order valence-electron chi connectivity index (χ4n) is 1.33. The highest BCUT2D eigenvalue weighted by molar-refractivity contribution is 7.10. The van der Waals surface area contributed by atoms with Crippen molar-refractivity contribution in [1.82, 2.24) is 5.32 Å². The maximum absolute atomic E-state index is 9.85. The van der Waals surface area contributed by atoms with Crippen molar-refractivity contribution in [1.29, 1.82) is 0 Å². The molecule has 0 bridgehead atoms. The Morgan fingerprint density at radius 1 is 1.43 bits per heavy atom. The number of hydrogen-bond donors (Lipinski definition) is 2. The van der Waals surface area contributed by atoms with Crippen LogP contribution in [0.1, 0.15) is 30.4 Å². The first-order valence-electron chi connectivity index (χ1n) is 5.04. The average molecular weight is 213 g/mol. The zero-order valence-electron chi connectivity index (χ0n) is 9.08. The lowest BCUT2D eigenvalue weighted by molar-refractivity contribution is 0.176. The lowest BCUT2D eigenvalue weighted by Gasteiger charge is -2.12. The highest BCUT2D eigenvalue weighted by Gasteiger charge is 2.10. The van der Waals surface area contributed by atoms with E-state index in [0.29, 0.717) is 12.5 Å². The third-order valence-corrected chi connectivity index (χ3v) is 3.21. The predicted octanol–water partition coefficient (Wildman–Crippen LogP) is 2.34. The predicted molar refractivity (Wildman–Crippen MR) is 61.7 cm³/mol. The van der Waals surface area contributed by atoms with Crippen LogP contribution in [-0.2, 0) is 0 Å². The summed E-state index contributed by atoms with van der Waals surface area (Å²) in [7, 11) is 0. The van der Waals surface area contributed by atoms with Crippen molar-refractivity contribution in [2.75, 3.05) is 13.1 Å². The average Bonchev–Trinajstić information content (AvgIpc) is 2.50. The van der Waals surface area contributed by atoms with Gasteiger partial charge in [-0.3, -0.25) is 0 Å². The van der Waals surface area contributed by atoms with E-state index in [-0.39, 0.29) is 6.10 Å². The summed E-state index contributed by atoms with van der Waals surface area (Å²) in [4.78, 5) is 1.08. The van der Waals surface area contributed by atoms with Gasteiger partial charge in [-0.15, -0.1) is 11.3 Å². The standard InChI is InChI=1S/C11H19NOS/c1-8(2)6-12-7-10(13)11-9(3)4-5-14-11/h4-5,8,10,12-13H,6-7H2,1-3H3. The van der Waals surface area contributed by atoms with Crippen LogP contribution in [0.3, 0.4) is 0 Å². The van der Waals surface area contributed by atoms with E-state index in [0.717, 1.165) is 11.4 Å². The first kappa shape index (κ1) is 11.7. The molecule has 0 saturated carbocycles. The van der Waals surface area contributed by atoms with E-state index < -0.39 is 0 Å². The molecule has 1 rings (SSSR count). The second kappa shape index (κ2) is 5.49. The Labute approximate surface area is 90.0 Å². The molecule has 1 atom stereocenters. The van der Waals surface area contributed by atoms with Gasteiger partial charge in [-0.05, 0) is 36.4 Å². The Balaban J connectivity index is 2.36. The van der Waals surface area contributed by atoms with Crippen molar-refractivity contribution in [3.8, 4) is 0 Å². The van der Waals surface area contributed by atoms with E-state index in [9.17, 15) is 5.11 Å². The van der Waals surface area contributed by atoms with Crippen LogP contribution in [-0.4, -0.2) is 18.2 Å². The molecule has 0 aromatic carbocycles. The second-order valence-electron chi connectivity index (χ2n) is 4.04. The number of aliphatic hydroxyl groups is 1. The molecule has 1 aromatic rings. The summed E-state index contributed by atoms with van der Waals surface area (Å²) < 4.78 is 0. The maximum atomic E-state index is 9.85. The number of nitrogens with one attached hydrogen (secondary N) is 1. The van der Waals surface area contributed by atoms with Gasteiger partial charge in [0, 0.05) is 11.4 Å². The van der Waals surface area contributed by atoms with Gasteiger partial charge >= 0.3 is 0 Å². The molecule has 0 aliphatic rings. The molecular weight excluding hydrogens is 194 g/mol. The van der Waals surface area contributed by atoms with Crippen LogP contribution in [0.15, 0.2) is 11.4 Å². The smallest absolute Gasteiger partial charge is 0.101 e. The summed E-state index contributed by atoms with van der Waals surface area (Å²) in [6.45, 7) is 7.98. The Hall–Kier alpha value is -0.380. The molecule has 0 aliphatic heterocycles. The quantitative estimate of drug-likeness (QED) is 0.787. The molecule has 0 radical (unpaired) electrons. The first-order valence-corrected chi connectivity index (χ1v) is 5.92. The highest BCUT2D eigenvalue weighted by atomic mass is 32.1. The van der Waals surface area contributed by atoms with Crippen LogP contribution < -0.4 is 5.32 Å². The molecule has 14 heavy (non-hydrogen) atoms. The van der Waals surface area contributed by atoms with Gasteiger partial charge in [-0.1, -0.05) is 13.8 Å². The van der Waals surface area contributed by atoms with Crippen LogP contribution in [0.25, 0.3) is 0 Å². The minimum Gasteiger partial charge on any atom is -0.386 e.